The highest BCUT2D eigenvalue weighted by atomic mass is 19.1. The zero-order valence-electron chi connectivity index (χ0n) is 16.1. The van der Waals surface area contributed by atoms with Gasteiger partial charge in [-0.25, -0.2) is 9.40 Å². The van der Waals surface area contributed by atoms with Gasteiger partial charge in [-0.2, -0.15) is 5.10 Å². The smallest absolute Gasteiger partial charge is 0.213 e. The molecule has 0 spiro atoms. The van der Waals surface area contributed by atoms with E-state index >= 15 is 0 Å². The Morgan fingerprint density at radius 1 is 0.867 bits per heavy atom. The number of hydrogen-bond donors (Lipinski definition) is 0. The van der Waals surface area contributed by atoms with Crippen molar-refractivity contribution >= 4 is 5.71 Å². The van der Waals surface area contributed by atoms with Crippen molar-refractivity contribution in [2.75, 3.05) is 13.2 Å². The summed E-state index contributed by atoms with van der Waals surface area (Å²) in [6.45, 7) is 1.10. The van der Waals surface area contributed by atoms with Crippen LogP contribution in [0.5, 0.6) is 17.2 Å². The summed E-state index contributed by atoms with van der Waals surface area (Å²) in [5.41, 5.74) is 3.76. The molecule has 0 saturated carbocycles. The van der Waals surface area contributed by atoms with E-state index in [1.54, 1.807) is 6.07 Å². The fraction of sp³-hybridized carbons (Fsp3) is 0.208. The zero-order chi connectivity index (χ0) is 20.1. The van der Waals surface area contributed by atoms with Crippen molar-refractivity contribution in [1.82, 2.24) is 5.01 Å². The molecule has 2 atom stereocenters. The van der Waals surface area contributed by atoms with E-state index in [1.165, 1.54) is 12.1 Å². The van der Waals surface area contributed by atoms with Gasteiger partial charge in [0, 0.05) is 23.1 Å². The second-order valence-electron chi connectivity index (χ2n) is 7.57. The third kappa shape index (κ3) is 2.79. The molecule has 0 amide bonds. The zero-order valence-corrected chi connectivity index (χ0v) is 16.1. The number of ether oxygens (including phenoxy) is 3. The Morgan fingerprint density at radius 2 is 1.73 bits per heavy atom. The van der Waals surface area contributed by atoms with Gasteiger partial charge in [0.15, 0.2) is 11.5 Å². The lowest BCUT2D eigenvalue weighted by Crippen LogP contribution is -2.33. The van der Waals surface area contributed by atoms with E-state index in [1.807, 2.05) is 47.5 Å². The summed E-state index contributed by atoms with van der Waals surface area (Å²) in [6.07, 6.45) is 0.238. The van der Waals surface area contributed by atoms with Crippen molar-refractivity contribution < 1.29 is 18.6 Å². The fourth-order valence-electron chi connectivity index (χ4n) is 4.31. The Kier molecular flexibility index (Phi) is 3.91. The number of fused-ring (bicyclic) bond motifs is 4. The normalized spacial score (nSPS) is 21.4. The SMILES string of the molecule is Fc1cccc(C2Oc3ccccc3C3CC(c4ccc5c(c4)OCCO5)=NN32)c1. The van der Waals surface area contributed by atoms with Gasteiger partial charge in [-0.3, -0.25) is 0 Å². The number of hydrazone groups is 1. The quantitative estimate of drug-likeness (QED) is 0.615. The summed E-state index contributed by atoms with van der Waals surface area (Å²) in [5, 5.41) is 6.87. The maximum Gasteiger partial charge on any atom is 0.213 e. The predicted octanol–water partition coefficient (Wildman–Crippen LogP) is 4.84. The van der Waals surface area contributed by atoms with E-state index in [2.05, 4.69) is 6.07 Å². The molecule has 0 saturated heterocycles. The van der Waals surface area contributed by atoms with Crippen LogP contribution in [0.3, 0.4) is 0 Å². The van der Waals surface area contributed by atoms with Crippen LogP contribution in [0.4, 0.5) is 4.39 Å². The highest BCUT2D eigenvalue weighted by Gasteiger charge is 2.41. The van der Waals surface area contributed by atoms with Crippen molar-refractivity contribution in [2.45, 2.75) is 18.7 Å². The molecule has 6 heteroatoms. The van der Waals surface area contributed by atoms with Gasteiger partial charge >= 0.3 is 0 Å². The van der Waals surface area contributed by atoms with E-state index in [9.17, 15) is 4.39 Å². The number of halogens is 1. The third-order valence-electron chi connectivity index (χ3n) is 5.71. The largest absolute Gasteiger partial charge is 0.486 e. The number of para-hydroxylation sites is 1. The van der Waals surface area contributed by atoms with Crippen LogP contribution >= 0.6 is 0 Å². The summed E-state index contributed by atoms with van der Waals surface area (Å²) < 4.78 is 31.6. The molecule has 150 valence electrons. The molecule has 3 aliphatic heterocycles. The molecule has 30 heavy (non-hydrogen) atoms. The predicted molar refractivity (Wildman–Crippen MR) is 109 cm³/mol. The van der Waals surface area contributed by atoms with Crippen LogP contribution in [-0.2, 0) is 0 Å². The van der Waals surface area contributed by atoms with Crippen LogP contribution in [0, 0.1) is 5.82 Å². The molecule has 5 nitrogen and oxygen atoms in total. The highest BCUT2D eigenvalue weighted by molar-refractivity contribution is 6.02. The number of benzene rings is 3. The molecule has 0 aliphatic carbocycles. The molecule has 0 radical (unpaired) electrons. The minimum atomic E-state index is -0.490. The Labute approximate surface area is 173 Å². The Bertz CT molecular complexity index is 1160. The summed E-state index contributed by atoms with van der Waals surface area (Å²) in [5.74, 6) is 2.02. The van der Waals surface area contributed by atoms with E-state index in [4.69, 9.17) is 19.3 Å². The van der Waals surface area contributed by atoms with Gasteiger partial charge in [0.1, 0.15) is 24.8 Å². The van der Waals surface area contributed by atoms with Crippen molar-refractivity contribution in [3.63, 3.8) is 0 Å². The summed E-state index contributed by atoms with van der Waals surface area (Å²) >= 11 is 0. The number of nitrogens with zero attached hydrogens (tertiary/aromatic N) is 2. The second kappa shape index (κ2) is 6.76. The Hall–Kier alpha value is -3.54. The van der Waals surface area contributed by atoms with Crippen LogP contribution < -0.4 is 14.2 Å². The summed E-state index contributed by atoms with van der Waals surface area (Å²) in [6, 6.07) is 20.4. The molecule has 0 bridgehead atoms. The lowest BCUT2D eigenvalue weighted by molar-refractivity contribution is -0.0192. The molecule has 3 heterocycles. The van der Waals surface area contributed by atoms with Gasteiger partial charge in [0.05, 0.1) is 11.8 Å². The van der Waals surface area contributed by atoms with E-state index in [0.29, 0.717) is 13.2 Å². The molecule has 0 N–H and O–H groups in total. The van der Waals surface area contributed by atoms with Crippen molar-refractivity contribution in [3.8, 4) is 17.2 Å². The number of hydrogen-bond acceptors (Lipinski definition) is 5. The Morgan fingerprint density at radius 3 is 2.63 bits per heavy atom. The molecular weight excluding hydrogens is 383 g/mol. The summed E-state index contributed by atoms with van der Waals surface area (Å²) in [7, 11) is 0. The maximum absolute atomic E-state index is 13.9. The van der Waals surface area contributed by atoms with Gasteiger partial charge in [-0.05, 0) is 36.4 Å². The molecule has 2 unspecified atom stereocenters. The van der Waals surface area contributed by atoms with Crippen LogP contribution in [0.2, 0.25) is 0 Å². The molecular formula is C24H19FN2O3. The van der Waals surface area contributed by atoms with Gasteiger partial charge < -0.3 is 14.2 Å². The van der Waals surface area contributed by atoms with Crippen LogP contribution in [0.1, 0.15) is 35.4 Å². The standard InChI is InChI=1S/C24H19FN2O3/c25-17-5-3-4-16(12-17)24-27-20(18-6-1-2-7-21(18)30-24)14-19(26-27)15-8-9-22-23(13-15)29-11-10-28-22/h1-9,12-13,20,24H,10-11,14H2. The first-order chi connectivity index (χ1) is 14.8. The lowest BCUT2D eigenvalue weighted by atomic mass is 9.95. The molecule has 6 rings (SSSR count). The minimum Gasteiger partial charge on any atom is -0.486 e. The average molecular weight is 402 g/mol. The van der Waals surface area contributed by atoms with Crippen LogP contribution in [0.25, 0.3) is 0 Å². The van der Waals surface area contributed by atoms with Gasteiger partial charge in [-0.1, -0.05) is 30.3 Å². The van der Waals surface area contributed by atoms with E-state index in [-0.39, 0.29) is 11.9 Å². The second-order valence-corrected chi connectivity index (χ2v) is 7.57. The van der Waals surface area contributed by atoms with Crippen LogP contribution in [-0.4, -0.2) is 23.9 Å². The van der Waals surface area contributed by atoms with E-state index in [0.717, 1.165) is 46.1 Å². The molecule has 3 aromatic carbocycles. The lowest BCUT2D eigenvalue weighted by Gasteiger charge is -2.38. The fourth-order valence-corrected chi connectivity index (χ4v) is 4.31. The molecule has 3 aromatic rings. The van der Waals surface area contributed by atoms with E-state index < -0.39 is 6.23 Å². The highest BCUT2D eigenvalue weighted by Crippen LogP contribution is 2.47. The van der Waals surface area contributed by atoms with Crippen molar-refractivity contribution in [3.05, 3.63) is 89.2 Å². The maximum atomic E-state index is 13.9. The van der Waals surface area contributed by atoms with Gasteiger partial charge in [-0.15, -0.1) is 0 Å². The van der Waals surface area contributed by atoms with Gasteiger partial charge in [0.2, 0.25) is 6.23 Å². The van der Waals surface area contributed by atoms with Gasteiger partial charge in [0.25, 0.3) is 0 Å². The first-order valence-electron chi connectivity index (χ1n) is 10.0. The first kappa shape index (κ1) is 17.3. The summed E-state index contributed by atoms with van der Waals surface area (Å²) in [4.78, 5) is 0. The van der Waals surface area contributed by atoms with Crippen LogP contribution in [0.15, 0.2) is 71.8 Å². The monoisotopic (exact) mass is 402 g/mol. The first-order valence-corrected chi connectivity index (χ1v) is 10.0. The van der Waals surface area contributed by atoms with Crippen molar-refractivity contribution in [1.29, 1.82) is 0 Å². The minimum absolute atomic E-state index is 0.0198. The number of rotatable bonds is 2. The third-order valence-corrected chi connectivity index (χ3v) is 5.71. The van der Waals surface area contributed by atoms with Crippen molar-refractivity contribution in [2.24, 2.45) is 5.10 Å². The molecule has 3 aliphatic rings. The molecule has 0 aromatic heterocycles. The molecule has 0 fully saturated rings. The Balaban J connectivity index is 1.42. The topological polar surface area (TPSA) is 43.3 Å². The average Bonchev–Trinajstić information content (AvgIpc) is 3.24.